The van der Waals surface area contributed by atoms with E-state index in [9.17, 15) is 0 Å². The Labute approximate surface area is 94.7 Å². The lowest BCUT2D eigenvalue weighted by atomic mass is 9.96. The number of hydrogen-bond acceptors (Lipinski definition) is 0. The van der Waals surface area contributed by atoms with Crippen molar-refractivity contribution in [2.75, 3.05) is 0 Å². The molecule has 1 rings (SSSR count). The first kappa shape index (κ1) is 12.3. The van der Waals surface area contributed by atoms with Gasteiger partial charge in [-0.1, -0.05) is 43.9 Å². The van der Waals surface area contributed by atoms with Gasteiger partial charge in [-0.25, -0.2) is 0 Å². The van der Waals surface area contributed by atoms with E-state index in [0.717, 1.165) is 6.42 Å². The maximum atomic E-state index is 3.88. The average Bonchev–Trinajstić information content (AvgIpc) is 2.19. The summed E-state index contributed by atoms with van der Waals surface area (Å²) in [4.78, 5) is 0. The Hall–Kier alpha value is -0.780. The number of hydrogen-bond donors (Lipinski definition) is 0. The third kappa shape index (κ3) is 3.70. The van der Waals surface area contributed by atoms with Crippen LogP contribution in [0.2, 0.25) is 0 Å². The van der Waals surface area contributed by atoms with Crippen LogP contribution in [0, 0.1) is 27.7 Å². The van der Waals surface area contributed by atoms with Gasteiger partial charge < -0.3 is 0 Å². The number of aryl methyl sites for hydroxylation is 3. The van der Waals surface area contributed by atoms with Crippen molar-refractivity contribution in [2.45, 2.75) is 52.9 Å². The van der Waals surface area contributed by atoms with Crippen LogP contribution in [0.5, 0.6) is 0 Å². The Morgan fingerprint density at radius 2 is 1.73 bits per heavy atom. The van der Waals surface area contributed by atoms with Crippen LogP contribution in [0.15, 0.2) is 12.1 Å². The molecule has 0 N–H and O–H groups in total. The summed E-state index contributed by atoms with van der Waals surface area (Å²) in [5, 5.41) is 0. The van der Waals surface area contributed by atoms with Gasteiger partial charge in [0, 0.05) is 0 Å². The predicted octanol–water partition coefficient (Wildman–Crippen LogP) is 4.55. The Morgan fingerprint density at radius 3 is 2.40 bits per heavy atom. The number of unbranched alkanes of at least 4 members (excludes halogenated alkanes) is 3. The highest BCUT2D eigenvalue weighted by atomic mass is 14.1. The van der Waals surface area contributed by atoms with Crippen molar-refractivity contribution in [1.82, 2.24) is 0 Å². The van der Waals surface area contributed by atoms with Crippen LogP contribution in [0.4, 0.5) is 0 Å². The third-order valence-corrected chi connectivity index (χ3v) is 3.12. The van der Waals surface area contributed by atoms with Gasteiger partial charge in [-0.15, -0.1) is 0 Å². The monoisotopic (exact) mass is 203 g/mol. The second kappa shape index (κ2) is 5.95. The average molecular weight is 203 g/mol. The first-order chi connectivity index (χ1) is 7.15. The summed E-state index contributed by atoms with van der Waals surface area (Å²) in [6.45, 7) is 10.5. The molecule has 0 aliphatic carbocycles. The zero-order valence-corrected chi connectivity index (χ0v) is 10.4. The van der Waals surface area contributed by atoms with Crippen LogP contribution in [-0.2, 0) is 6.42 Å². The van der Waals surface area contributed by atoms with Crippen LogP contribution in [0.1, 0.15) is 47.9 Å². The summed E-state index contributed by atoms with van der Waals surface area (Å²) < 4.78 is 0. The van der Waals surface area contributed by atoms with Gasteiger partial charge in [0.25, 0.3) is 0 Å². The summed E-state index contributed by atoms with van der Waals surface area (Å²) in [5.41, 5.74) is 5.85. The molecule has 83 valence electrons. The zero-order chi connectivity index (χ0) is 11.3. The van der Waals surface area contributed by atoms with E-state index in [1.807, 2.05) is 0 Å². The Bertz CT molecular complexity index is 310. The Kier molecular flexibility index (Phi) is 4.87. The van der Waals surface area contributed by atoms with E-state index < -0.39 is 0 Å². The van der Waals surface area contributed by atoms with E-state index in [0.29, 0.717) is 0 Å². The highest BCUT2D eigenvalue weighted by molar-refractivity contribution is 5.37. The van der Waals surface area contributed by atoms with Gasteiger partial charge in [-0.3, -0.25) is 0 Å². The fraction of sp³-hybridized carbons (Fsp3) is 0.533. The molecule has 0 heterocycles. The van der Waals surface area contributed by atoms with Gasteiger partial charge in [-0.2, -0.15) is 0 Å². The van der Waals surface area contributed by atoms with E-state index in [1.165, 1.54) is 47.9 Å². The summed E-state index contributed by atoms with van der Waals surface area (Å²) >= 11 is 0. The largest absolute Gasteiger partial charge is 0.0561 e. The minimum Gasteiger partial charge on any atom is -0.0561 e. The fourth-order valence-electron chi connectivity index (χ4n) is 2.06. The van der Waals surface area contributed by atoms with Crippen molar-refractivity contribution in [1.29, 1.82) is 0 Å². The molecule has 0 aliphatic heterocycles. The van der Waals surface area contributed by atoms with Crippen LogP contribution < -0.4 is 0 Å². The van der Waals surface area contributed by atoms with Crippen molar-refractivity contribution >= 4 is 0 Å². The SMILES string of the molecule is [CH2]CCCCCc1cc(C)cc(C)c1C. The molecule has 15 heavy (non-hydrogen) atoms. The second-order valence-electron chi connectivity index (χ2n) is 4.53. The van der Waals surface area contributed by atoms with Crippen LogP contribution in [-0.4, -0.2) is 0 Å². The van der Waals surface area contributed by atoms with Gasteiger partial charge in [0.2, 0.25) is 0 Å². The van der Waals surface area contributed by atoms with E-state index in [-0.39, 0.29) is 0 Å². The zero-order valence-electron chi connectivity index (χ0n) is 10.4. The van der Waals surface area contributed by atoms with Gasteiger partial charge >= 0.3 is 0 Å². The lowest BCUT2D eigenvalue weighted by Crippen LogP contribution is -1.94. The molecular formula is C15H23. The lowest BCUT2D eigenvalue weighted by Gasteiger charge is -2.10. The molecule has 0 heteroatoms. The van der Waals surface area contributed by atoms with E-state index in [1.54, 1.807) is 0 Å². The van der Waals surface area contributed by atoms with Gasteiger partial charge in [0.1, 0.15) is 0 Å². The molecule has 0 spiro atoms. The molecule has 1 aromatic carbocycles. The second-order valence-corrected chi connectivity index (χ2v) is 4.53. The lowest BCUT2D eigenvalue weighted by molar-refractivity contribution is 0.684. The highest BCUT2D eigenvalue weighted by Crippen LogP contribution is 2.18. The molecule has 0 saturated heterocycles. The fourth-order valence-corrected chi connectivity index (χ4v) is 2.06. The van der Waals surface area contributed by atoms with E-state index >= 15 is 0 Å². The summed E-state index contributed by atoms with van der Waals surface area (Å²) in [6.07, 6.45) is 6.19. The quantitative estimate of drug-likeness (QED) is 0.616. The molecule has 1 aromatic rings. The maximum Gasteiger partial charge on any atom is -0.0276 e. The summed E-state index contributed by atoms with van der Waals surface area (Å²) in [5.74, 6) is 0. The first-order valence-corrected chi connectivity index (χ1v) is 6.01. The molecule has 0 aromatic heterocycles. The number of rotatable bonds is 5. The molecule has 0 bridgehead atoms. The van der Waals surface area contributed by atoms with Crippen molar-refractivity contribution < 1.29 is 0 Å². The molecule has 1 radical (unpaired) electrons. The molecule has 0 saturated carbocycles. The minimum atomic E-state index is 1.08. The standard InChI is InChI=1S/C15H23/c1-5-6-7-8-9-15-11-12(2)10-13(3)14(15)4/h10-11H,1,5-9H2,2-4H3. The molecular weight excluding hydrogens is 180 g/mol. The normalized spacial score (nSPS) is 10.7. The van der Waals surface area contributed by atoms with E-state index in [4.69, 9.17) is 0 Å². The Balaban J connectivity index is 2.60. The number of benzene rings is 1. The van der Waals surface area contributed by atoms with Crippen molar-refractivity contribution in [3.05, 3.63) is 41.3 Å². The van der Waals surface area contributed by atoms with Crippen molar-refractivity contribution in [2.24, 2.45) is 0 Å². The molecule has 0 amide bonds. The molecule has 0 aliphatic rings. The smallest absolute Gasteiger partial charge is 0.0276 e. The maximum absolute atomic E-state index is 3.88. The molecule has 0 unspecified atom stereocenters. The molecule has 0 atom stereocenters. The van der Waals surface area contributed by atoms with Crippen molar-refractivity contribution in [3.8, 4) is 0 Å². The first-order valence-electron chi connectivity index (χ1n) is 6.01. The van der Waals surface area contributed by atoms with Gasteiger partial charge in [0.05, 0.1) is 0 Å². The van der Waals surface area contributed by atoms with Crippen molar-refractivity contribution in [3.63, 3.8) is 0 Å². The third-order valence-electron chi connectivity index (χ3n) is 3.12. The van der Waals surface area contributed by atoms with Crippen LogP contribution >= 0.6 is 0 Å². The summed E-state index contributed by atoms with van der Waals surface area (Å²) in [7, 11) is 0. The Morgan fingerprint density at radius 1 is 1.00 bits per heavy atom. The topological polar surface area (TPSA) is 0 Å². The van der Waals surface area contributed by atoms with Gasteiger partial charge in [0.15, 0.2) is 0 Å². The van der Waals surface area contributed by atoms with Crippen LogP contribution in [0.25, 0.3) is 0 Å². The van der Waals surface area contributed by atoms with Crippen LogP contribution in [0.3, 0.4) is 0 Å². The summed E-state index contributed by atoms with van der Waals surface area (Å²) in [6, 6.07) is 4.61. The minimum absolute atomic E-state index is 1.08. The molecule has 0 nitrogen and oxygen atoms in total. The molecule has 0 fully saturated rings. The highest BCUT2D eigenvalue weighted by Gasteiger charge is 2.02. The predicted molar refractivity (Wildman–Crippen MR) is 68.2 cm³/mol. The van der Waals surface area contributed by atoms with Gasteiger partial charge in [-0.05, 0) is 50.3 Å². The van der Waals surface area contributed by atoms with E-state index in [2.05, 4.69) is 39.8 Å².